The average Bonchev–Trinajstić information content (AvgIpc) is 2.45. The van der Waals surface area contributed by atoms with E-state index >= 15 is 0 Å². The van der Waals surface area contributed by atoms with E-state index in [2.05, 4.69) is 20.3 Å². The number of fused-ring (bicyclic) bond motifs is 1. The van der Waals surface area contributed by atoms with Crippen LogP contribution in [0.15, 0.2) is 11.0 Å². The van der Waals surface area contributed by atoms with Crippen LogP contribution >= 0.6 is 0 Å². The highest BCUT2D eigenvalue weighted by Crippen LogP contribution is 2.22. The van der Waals surface area contributed by atoms with Gasteiger partial charge in [0, 0.05) is 11.8 Å². The summed E-state index contributed by atoms with van der Waals surface area (Å²) in [6.07, 6.45) is 0.0604. The van der Waals surface area contributed by atoms with Crippen LogP contribution in [0.2, 0.25) is 0 Å². The van der Waals surface area contributed by atoms with Crippen molar-refractivity contribution in [3.63, 3.8) is 0 Å². The molecule has 0 saturated carbocycles. The second-order valence-electron chi connectivity index (χ2n) is 6.13. The third-order valence-electron chi connectivity index (χ3n) is 2.93. The van der Waals surface area contributed by atoms with Gasteiger partial charge in [-0.05, 0) is 20.8 Å². The standard InChI is InChI=1S/C15H18N4O6/c1-15(2,3)25-14(23)19-13-17-10-7(5-8(20)21)6-16-12(24-4)9(10)11(22)18-13/h6H,5H2,1-4H3,(H,20,21)(H2,17,18,19,22,23). The fourth-order valence-electron chi connectivity index (χ4n) is 2.07. The minimum atomic E-state index is -1.11. The zero-order valence-corrected chi connectivity index (χ0v) is 14.2. The minimum Gasteiger partial charge on any atom is -0.481 e. The lowest BCUT2D eigenvalue weighted by Crippen LogP contribution is -2.28. The Morgan fingerprint density at radius 2 is 2.04 bits per heavy atom. The first kappa shape index (κ1) is 18.2. The number of carboxylic acid groups (broad SMARTS) is 1. The highest BCUT2D eigenvalue weighted by atomic mass is 16.6. The predicted octanol–water partition coefficient (Wildman–Crippen LogP) is 1.30. The van der Waals surface area contributed by atoms with Crippen LogP contribution in [0.25, 0.3) is 10.9 Å². The van der Waals surface area contributed by atoms with Gasteiger partial charge in [0.25, 0.3) is 5.56 Å². The molecule has 2 heterocycles. The molecule has 10 nitrogen and oxygen atoms in total. The first-order valence-electron chi connectivity index (χ1n) is 7.28. The molecule has 1 amide bonds. The van der Waals surface area contributed by atoms with Crippen molar-refractivity contribution in [2.24, 2.45) is 0 Å². The third-order valence-corrected chi connectivity index (χ3v) is 2.93. The van der Waals surface area contributed by atoms with Crippen LogP contribution in [0.5, 0.6) is 5.88 Å². The first-order valence-corrected chi connectivity index (χ1v) is 7.28. The number of anilines is 1. The largest absolute Gasteiger partial charge is 0.481 e. The average molecular weight is 350 g/mol. The SMILES string of the molecule is COc1ncc(CC(=O)O)c2nc(NC(=O)OC(C)(C)C)[nH]c(=O)c12. The topological polar surface area (TPSA) is 144 Å². The van der Waals surface area contributed by atoms with Gasteiger partial charge in [-0.3, -0.25) is 19.9 Å². The minimum absolute atomic E-state index is 0.00158. The van der Waals surface area contributed by atoms with E-state index in [4.69, 9.17) is 14.6 Å². The normalized spacial score (nSPS) is 11.2. The molecule has 2 rings (SSSR count). The fraction of sp³-hybridized carbons (Fsp3) is 0.400. The fourth-order valence-corrected chi connectivity index (χ4v) is 2.07. The number of methoxy groups -OCH3 is 1. The van der Waals surface area contributed by atoms with Gasteiger partial charge in [-0.2, -0.15) is 0 Å². The molecule has 3 N–H and O–H groups in total. The van der Waals surface area contributed by atoms with Gasteiger partial charge in [-0.25, -0.2) is 14.8 Å². The van der Waals surface area contributed by atoms with Crippen molar-refractivity contribution in [3.8, 4) is 5.88 Å². The Labute approximate surface area is 142 Å². The summed E-state index contributed by atoms with van der Waals surface area (Å²) in [5.41, 5.74) is -1.08. The molecule has 0 aliphatic rings. The highest BCUT2D eigenvalue weighted by molar-refractivity contribution is 5.90. The Hall–Kier alpha value is -3.17. The zero-order chi connectivity index (χ0) is 18.8. The summed E-state index contributed by atoms with van der Waals surface area (Å²) in [4.78, 5) is 45.6. The molecule has 2 aromatic heterocycles. The van der Waals surface area contributed by atoms with Crippen LogP contribution in [0, 0.1) is 0 Å². The van der Waals surface area contributed by atoms with E-state index < -0.39 is 29.6 Å². The van der Waals surface area contributed by atoms with Crippen LogP contribution < -0.4 is 15.6 Å². The first-order chi connectivity index (χ1) is 11.6. The van der Waals surface area contributed by atoms with E-state index in [1.807, 2.05) is 0 Å². The van der Waals surface area contributed by atoms with Gasteiger partial charge in [-0.15, -0.1) is 0 Å². The van der Waals surface area contributed by atoms with Crippen molar-refractivity contribution >= 4 is 28.9 Å². The summed E-state index contributed by atoms with van der Waals surface area (Å²) in [5, 5.41) is 11.3. The van der Waals surface area contributed by atoms with E-state index in [1.165, 1.54) is 13.3 Å². The van der Waals surface area contributed by atoms with E-state index in [9.17, 15) is 14.4 Å². The lowest BCUT2D eigenvalue weighted by atomic mass is 10.1. The maximum absolute atomic E-state index is 12.3. The van der Waals surface area contributed by atoms with Crippen molar-refractivity contribution in [1.29, 1.82) is 0 Å². The molecule has 0 atom stereocenters. The van der Waals surface area contributed by atoms with E-state index in [0.29, 0.717) is 0 Å². The molecule has 134 valence electrons. The summed E-state index contributed by atoms with van der Waals surface area (Å²) >= 11 is 0. The Morgan fingerprint density at radius 3 is 2.60 bits per heavy atom. The number of nitrogens with one attached hydrogen (secondary N) is 2. The summed E-state index contributed by atoms with van der Waals surface area (Å²) < 4.78 is 10.1. The van der Waals surface area contributed by atoms with Crippen LogP contribution in [0.1, 0.15) is 26.3 Å². The maximum atomic E-state index is 12.3. The molecular formula is C15H18N4O6. The van der Waals surface area contributed by atoms with Crippen molar-refractivity contribution in [1.82, 2.24) is 15.0 Å². The summed E-state index contributed by atoms with van der Waals surface area (Å²) in [5.74, 6) is -1.29. The molecule has 0 fully saturated rings. The molecule has 0 unspecified atom stereocenters. The molecule has 0 aromatic carbocycles. The molecular weight excluding hydrogens is 332 g/mol. The molecule has 25 heavy (non-hydrogen) atoms. The molecule has 0 saturated heterocycles. The lowest BCUT2D eigenvalue weighted by Gasteiger charge is -2.19. The zero-order valence-electron chi connectivity index (χ0n) is 14.2. The monoisotopic (exact) mass is 350 g/mol. The number of aliphatic carboxylic acids is 1. The number of aromatic amines is 1. The highest BCUT2D eigenvalue weighted by Gasteiger charge is 2.20. The number of hydrogen-bond donors (Lipinski definition) is 3. The number of pyridine rings is 1. The Bertz CT molecular complexity index is 884. The van der Waals surface area contributed by atoms with Gasteiger partial charge in [-0.1, -0.05) is 0 Å². The van der Waals surface area contributed by atoms with Gasteiger partial charge < -0.3 is 14.6 Å². The van der Waals surface area contributed by atoms with Crippen LogP contribution in [-0.2, 0) is 16.0 Å². The maximum Gasteiger partial charge on any atom is 0.414 e. The van der Waals surface area contributed by atoms with E-state index in [1.54, 1.807) is 20.8 Å². The Morgan fingerprint density at radius 1 is 1.36 bits per heavy atom. The molecule has 0 bridgehead atoms. The number of carboxylic acids is 1. The van der Waals surface area contributed by atoms with Crippen LogP contribution in [0.4, 0.5) is 10.7 Å². The summed E-state index contributed by atoms with van der Waals surface area (Å²) in [6.45, 7) is 5.06. The molecule has 0 spiro atoms. The third kappa shape index (κ3) is 4.43. The van der Waals surface area contributed by atoms with Crippen LogP contribution in [-0.4, -0.2) is 44.8 Å². The van der Waals surface area contributed by atoms with E-state index in [-0.39, 0.29) is 28.3 Å². The number of carbonyl (C=O) groups excluding carboxylic acids is 1. The van der Waals surface area contributed by atoms with E-state index in [0.717, 1.165) is 0 Å². The lowest BCUT2D eigenvalue weighted by molar-refractivity contribution is -0.136. The second kappa shape index (κ2) is 6.75. The number of hydrogen-bond acceptors (Lipinski definition) is 7. The quantitative estimate of drug-likeness (QED) is 0.748. The van der Waals surface area contributed by atoms with Crippen molar-refractivity contribution in [2.75, 3.05) is 12.4 Å². The van der Waals surface area contributed by atoms with Crippen molar-refractivity contribution in [3.05, 3.63) is 22.1 Å². The van der Waals surface area contributed by atoms with Crippen LogP contribution in [0.3, 0.4) is 0 Å². The smallest absolute Gasteiger partial charge is 0.414 e. The number of nitrogens with zero attached hydrogens (tertiary/aromatic N) is 2. The summed E-state index contributed by atoms with van der Waals surface area (Å²) in [6, 6.07) is 0. The molecule has 0 radical (unpaired) electrons. The Kier molecular flexibility index (Phi) is 4.91. The van der Waals surface area contributed by atoms with Gasteiger partial charge in [0.05, 0.1) is 19.0 Å². The van der Waals surface area contributed by atoms with Gasteiger partial charge >= 0.3 is 12.1 Å². The number of amides is 1. The van der Waals surface area contributed by atoms with Gasteiger partial charge in [0.1, 0.15) is 11.0 Å². The number of rotatable bonds is 4. The Balaban J connectivity index is 2.53. The second-order valence-corrected chi connectivity index (χ2v) is 6.13. The molecule has 0 aliphatic heterocycles. The van der Waals surface area contributed by atoms with Gasteiger partial charge in [0.2, 0.25) is 11.8 Å². The number of H-pyrrole nitrogens is 1. The predicted molar refractivity (Wildman–Crippen MR) is 87.9 cm³/mol. The number of aromatic nitrogens is 3. The summed E-state index contributed by atoms with van der Waals surface area (Å²) in [7, 11) is 1.32. The molecule has 10 heteroatoms. The van der Waals surface area contributed by atoms with Gasteiger partial charge in [0.15, 0.2) is 0 Å². The number of ether oxygens (including phenoxy) is 2. The van der Waals surface area contributed by atoms with Crippen molar-refractivity contribution in [2.45, 2.75) is 32.8 Å². The molecule has 0 aliphatic carbocycles. The number of carbonyl (C=O) groups is 2. The molecule has 2 aromatic rings. The van der Waals surface area contributed by atoms with Crippen molar-refractivity contribution < 1.29 is 24.2 Å².